The van der Waals surface area contributed by atoms with Gasteiger partial charge in [-0.1, -0.05) is 72.8 Å². The van der Waals surface area contributed by atoms with Gasteiger partial charge in [-0.25, -0.2) is 4.79 Å². The Labute approximate surface area is 226 Å². The first-order chi connectivity index (χ1) is 18.8. The van der Waals surface area contributed by atoms with Crippen LogP contribution in [0.5, 0.6) is 0 Å². The molecule has 2 unspecified atom stereocenters. The molecule has 1 aliphatic heterocycles. The number of hydrogen-bond acceptors (Lipinski definition) is 7. The van der Waals surface area contributed by atoms with E-state index in [4.69, 9.17) is 9.47 Å². The maximum atomic E-state index is 13.6. The van der Waals surface area contributed by atoms with Crippen molar-refractivity contribution in [1.82, 2.24) is 0 Å². The summed E-state index contributed by atoms with van der Waals surface area (Å²) in [5, 5.41) is 11.5. The summed E-state index contributed by atoms with van der Waals surface area (Å²) in [5.74, 6) is -3.07. The summed E-state index contributed by atoms with van der Waals surface area (Å²) in [6.07, 6.45) is 1.83. The number of aliphatic imine (C=N–C) groups is 1. The molecule has 2 atom stereocenters. The van der Waals surface area contributed by atoms with Crippen LogP contribution in [0.1, 0.15) is 36.5 Å². The standard InChI is InChI=1S/C31H28N2O6/c1-20-27(30(34)38-3)29(24-15-10-16-25(19-24)33(36)37)28(21(2)32-20)31(35)39-18-17-26(22-11-6-4-7-12-22)23-13-8-5-9-14-23/h4-17,19,27,29H,18H2,1-3H3. The van der Waals surface area contributed by atoms with E-state index >= 15 is 0 Å². The van der Waals surface area contributed by atoms with Crippen molar-refractivity contribution >= 4 is 28.9 Å². The number of carbonyl (C=O) groups is 2. The van der Waals surface area contributed by atoms with Gasteiger partial charge >= 0.3 is 11.9 Å². The number of nitro groups is 1. The second-order valence-electron chi connectivity index (χ2n) is 9.03. The highest BCUT2D eigenvalue weighted by atomic mass is 16.6. The average Bonchev–Trinajstić information content (AvgIpc) is 2.95. The van der Waals surface area contributed by atoms with E-state index in [1.54, 1.807) is 19.9 Å². The van der Waals surface area contributed by atoms with Crippen LogP contribution in [0, 0.1) is 16.0 Å². The smallest absolute Gasteiger partial charge is 0.336 e. The molecule has 0 spiro atoms. The number of allylic oxidation sites excluding steroid dienone is 1. The normalized spacial score (nSPS) is 16.6. The Bertz CT molecular complexity index is 1430. The van der Waals surface area contributed by atoms with E-state index in [1.165, 1.54) is 25.3 Å². The van der Waals surface area contributed by atoms with Gasteiger partial charge in [0.1, 0.15) is 12.5 Å². The van der Waals surface area contributed by atoms with Crippen LogP contribution in [0.4, 0.5) is 5.69 Å². The molecule has 0 saturated carbocycles. The molecular formula is C31H28N2O6. The van der Waals surface area contributed by atoms with Crippen molar-refractivity contribution in [3.05, 3.63) is 129 Å². The van der Waals surface area contributed by atoms with Gasteiger partial charge in [0.05, 0.1) is 17.6 Å². The molecule has 0 N–H and O–H groups in total. The lowest BCUT2D eigenvalue weighted by Gasteiger charge is -2.31. The molecule has 3 aromatic carbocycles. The molecule has 0 bridgehead atoms. The van der Waals surface area contributed by atoms with Crippen LogP contribution >= 0.6 is 0 Å². The largest absolute Gasteiger partial charge is 0.468 e. The number of rotatable bonds is 8. The molecule has 39 heavy (non-hydrogen) atoms. The number of carbonyl (C=O) groups excluding carboxylic acids is 2. The molecule has 0 aromatic heterocycles. The predicted molar refractivity (Wildman–Crippen MR) is 148 cm³/mol. The fourth-order valence-electron chi connectivity index (χ4n) is 4.84. The molecule has 0 aliphatic carbocycles. The zero-order valence-corrected chi connectivity index (χ0v) is 21.9. The van der Waals surface area contributed by atoms with Crippen molar-refractivity contribution in [3.8, 4) is 0 Å². The van der Waals surface area contributed by atoms with Crippen LogP contribution in [0.2, 0.25) is 0 Å². The van der Waals surface area contributed by atoms with Crippen molar-refractivity contribution in [2.75, 3.05) is 13.7 Å². The van der Waals surface area contributed by atoms with E-state index in [-0.39, 0.29) is 17.9 Å². The van der Waals surface area contributed by atoms with Crippen molar-refractivity contribution in [2.24, 2.45) is 10.9 Å². The average molecular weight is 525 g/mol. The zero-order valence-electron chi connectivity index (χ0n) is 21.9. The van der Waals surface area contributed by atoms with Gasteiger partial charge in [0.15, 0.2) is 0 Å². The number of nitrogens with zero attached hydrogens (tertiary/aromatic N) is 2. The van der Waals surface area contributed by atoms with Gasteiger partial charge in [-0.2, -0.15) is 0 Å². The monoisotopic (exact) mass is 524 g/mol. The van der Waals surface area contributed by atoms with E-state index < -0.39 is 28.7 Å². The molecule has 0 fully saturated rings. The molecule has 8 nitrogen and oxygen atoms in total. The van der Waals surface area contributed by atoms with Crippen LogP contribution in [-0.4, -0.2) is 36.3 Å². The number of nitro benzene ring substituents is 1. The highest BCUT2D eigenvalue weighted by molar-refractivity contribution is 6.07. The Morgan fingerprint density at radius 3 is 2.13 bits per heavy atom. The summed E-state index contributed by atoms with van der Waals surface area (Å²) in [4.78, 5) is 41.8. The van der Waals surface area contributed by atoms with Crippen LogP contribution in [0.15, 0.2) is 107 Å². The van der Waals surface area contributed by atoms with Gasteiger partial charge in [0.2, 0.25) is 0 Å². The maximum absolute atomic E-state index is 13.6. The lowest BCUT2D eigenvalue weighted by atomic mass is 9.75. The van der Waals surface area contributed by atoms with Gasteiger partial charge < -0.3 is 9.47 Å². The van der Waals surface area contributed by atoms with Crippen molar-refractivity contribution in [1.29, 1.82) is 0 Å². The number of methoxy groups -OCH3 is 1. The Morgan fingerprint density at radius 2 is 1.56 bits per heavy atom. The SMILES string of the molecule is COC(=O)C1C(C)=NC(C)=C(C(=O)OCC=C(c2ccccc2)c2ccccc2)C1c1cccc([N+](=O)[O-])c1. The second kappa shape index (κ2) is 12.1. The summed E-state index contributed by atoms with van der Waals surface area (Å²) >= 11 is 0. The Balaban J connectivity index is 1.70. The van der Waals surface area contributed by atoms with Crippen LogP contribution in [0.25, 0.3) is 5.57 Å². The van der Waals surface area contributed by atoms with E-state index in [0.717, 1.165) is 16.7 Å². The molecule has 4 rings (SSSR count). The number of hydrogen-bond donors (Lipinski definition) is 0. The van der Waals surface area contributed by atoms with Crippen molar-refractivity contribution in [3.63, 3.8) is 0 Å². The highest BCUT2D eigenvalue weighted by Crippen LogP contribution is 2.41. The topological polar surface area (TPSA) is 108 Å². The molecule has 3 aromatic rings. The third-order valence-corrected chi connectivity index (χ3v) is 6.61. The second-order valence-corrected chi connectivity index (χ2v) is 9.03. The minimum atomic E-state index is -0.942. The molecular weight excluding hydrogens is 496 g/mol. The third-order valence-electron chi connectivity index (χ3n) is 6.61. The van der Waals surface area contributed by atoms with Gasteiger partial charge in [0, 0.05) is 29.5 Å². The van der Waals surface area contributed by atoms with Gasteiger partial charge in [-0.3, -0.25) is 19.9 Å². The van der Waals surface area contributed by atoms with Gasteiger partial charge in [-0.05, 0) is 42.2 Å². The van der Waals surface area contributed by atoms with Crippen LogP contribution in [0.3, 0.4) is 0 Å². The summed E-state index contributed by atoms with van der Waals surface area (Å²) in [6.45, 7) is 3.29. The molecule has 198 valence electrons. The van der Waals surface area contributed by atoms with Crippen LogP contribution < -0.4 is 0 Å². The molecule has 1 heterocycles. The number of benzene rings is 3. The fourth-order valence-corrected chi connectivity index (χ4v) is 4.84. The van der Waals surface area contributed by atoms with Gasteiger partial charge in [0.25, 0.3) is 5.69 Å². The van der Waals surface area contributed by atoms with E-state index in [9.17, 15) is 19.7 Å². The molecule has 0 radical (unpaired) electrons. The summed E-state index contributed by atoms with van der Waals surface area (Å²) < 4.78 is 10.7. The summed E-state index contributed by atoms with van der Waals surface area (Å²) in [5.41, 5.74) is 4.08. The fraction of sp³-hybridized carbons (Fsp3) is 0.194. The quantitative estimate of drug-likeness (QED) is 0.207. The van der Waals surface area contributed by atoms with Gasteiger partial charge in [-0.15, -0.1) is 0 Å². The third kappa shape index (κ3) is 6.01. The van der Waals surface area contributed by atoms with E-state index in [2.05, 4.69) is 4.99 Å². The van der Waals surface area contributed by atoms with Crippen molar-refractivity contribution in [2.45, 2.75) is 19.8 Å². The number of non-ortho nitro benzene ring substituents is 1. The molecule has 0 saturated heterocycles. The lowest BCUT2D eigenvalue weighted by Crippen LogP contribution is -2.36. The number of ether oxygens (including phenoxy) is 2. The molecule has 0 amide bonds. The number of esters is 2. The summed E-state index contributed by atoms with van der Waals surface area (Å²) in [6, 6.07) is 25.4. The van der Waals surface area contributed by atoms with Crippen molar-refractivity contribution < 1.29 is 24.0 Å². The Hall–Kier alpha value is -4.85. The predicted octanol–water partition coefficient (Wildman–Crippen LogP) is 5.89. The molecule has 1 aliphatic rings. The maximum Gasteiger partial charge on any atom is 0.336 e. The lowest BCUT2D eigenvalue weighted by molar-refractivity contribution is -0.384. The Kier molecular flexibility index (Phi) is 8.46. The van der Waals surface area contributed by atoms with E-state index in [0.29, 0.717) is 17.0 Å². The van der Waals surface area contributed by atoms with E-state index in [1.807, 2.05) is 66.7 Å². The first-order valence-corrected chi connectivity index (χ1v) is 12.4. The Morgan fingerprint density at radius 1 is 0.949 bits per heavy atom. The first kappa shape index (κ1) is 27.2. The minimum absolute atomic E-state index is 0.0397. The minimum Gasteiger partial charge on any atom is -0.468 e. The highest BCUT2D eigenvalue weighted by Gasteiger charge is 2.42. The first-order valence-electron chi connectivity index (χ1n) is 12.4. The molecule has 8 heteroatoms. The zero-order chi connectivity index (χ0) is 27.9. The summed E-state index contributed by atoms with van der Waals surface area (Å²) in [7, 11) is 1.25. The van der Waals surface area contributed by atoms with Crippen LogP contribution in [-0.2, 0) is 19.1 Å².